The molecule has 124 valence electrons. The van der Waals surface area contributed by atoms with Gasteiger partial charge >= 0.3 is 0 Å². The van der Waals surface area contributed by atoms with E-state index in [1.54, 1.807) is 14.2 Å². The van der Waals surface area contributed by atoms with Gasteiger partial charge < -0.3 is 20.1 Å². The lowest BCUT2D eigenvalue weighted by Crippen LogP contribution is -2.30. The molecule has 2 rings (SSSR count). The average molecular weight is 334 g/mol. The number of nitrogens with zero attached hydrogens (tertiary/aromatic N) is 2. The summed E-state index contributed by atoms with van der Waals surface area (Å²) in [5.41, 5.74) is 1.93. The fourth-order valence-corrected chi connectivity index (χ4v) is 2.35. The SMILES string of the molecule is COc1ccc(OC)c(NC(=S)NCCCn2nccc2C)c1. The Balaban J connectivity index is 1.81. The van der Waals surface area contributed by atoms with Crippen LogP contribution in [0.25, 0.3) is 0 Å². The maximum absolute atomic E-state index is 5.32. The van der Waals surface area contributed by atoms with Crippen molar-refractivity contribution in [3.63, 3.8) is 0 Å². The second-order valence-corrected chi connectivity index (χ2v) is 5.40. The van der Waals surface area contributed by atoms with Gasteiger partial charge in [-0.3, -0.25) is 4.68 Å². The van der Waals surface area contributed by atoms with E-state index in [0.717, 1.165) is 36.6 Å². The van der Waals surface area contributed by atoms with E-state index in [2.05, 4.69) is 15.7 Å². The molecule has 1 heterocycles. The molecule has 0 unspecified atom stereocenters. The van der Waals surface area contributed by atoms with Crippen molar-refractivity contribution in [2.75, 3.05) is 26.1 Å². The molecule has 0 aliphatic carbocycles. The Morgan fingerprint density at radius 2 is 2.09 bits per heavy atom. The van der Waals surface area contributed by atoms with Crippen LogP contribution in [0, 0.1) is 6.92 Å². The summed E-state index contributed by atoms with van der Waals surface area (Å²) in [6.07, 6.45) is 2.74. The highest BCUT2D eigenvalue weighted by Gasteiger charge is 2.06. The Bertz CT molecular complexity index is 657. The molecule has 0 saturated carbocycles. The summed E-state index contributed by atoms with van der Waals surface area (Å²) in [5, 5.41) is 11.1. The molecule has 1 aromatic carbocycles. The fraction of sp³-hybridized carbons (Fsp3) is 0.375. The highest BCUT2D eigenvalue weighted by atomic mass is 32.1. The third kappa shape index (κ3) is 4.85. The Hall–Kier alpha value is -2.28. The number of methoxy groups -OCH3 is 2. The van der Waals surface area contributed by atoms with Crippen molar-refractivity contribution in [3.05, 3.63) is 36.2 Å². The molecule has 23 heavy (non-hydrogen) atoms. The molecule has 0 amide bonds. The Labute approximate surface area is 141 Å². The zero-order valence-electron chi connectivity index (χ0n) is 13.6. The average Bonchev–Trinajstić information content (AvgIpc) is 2.96. The molecule has 2 aromatic rings. The number of aromatic nitrogens is 2. The van der Waals surface area contributed by atoms with Crippen LogP contribution in [-0.2, 0) is 6.54 Å². The molecule has 1 aromatic heterocycles. The highest BCUT2D eigenvalue weighted by Crippen LogP contribution is 2.28. The molecule has 6 nitrogen and oxygen atoms in total. The summed E-state index contributed by atoms with van der Waals surface area (Å²) < 4.78 is 12.5. The molecule has 0 saturated heterocycles. The largest absolute Gasteiger partial charge is 0.497 e. The standard InChI is InChI=1S/C16H22N4O2S/c1-12-7-9-18-20(12)10-4-8-17-16(23)19-14-11-13(21-2)5-6-15(14)22-3/h5-7,9,11H,4,8,10H2,1-3H3,(H2,17,19,23). The molecule has 0 radical (unpaired) electrons. The van der Waals surface area contributed by atoms with Crippen LogP contribution < -0.4 is 20.1 Å². The first-order chi connectivity index (χ1) is 11.1. The fourth-order valence-electron chi connectivity index (χ4n) is 2.14. The molecule has 0 aliphatic heterocycles. The first-order valence-corrected chi connectivity index (χ1v) is 7.80. The summed E-state index contributed by atoms with van der Waals surface area (Å²) in [5.74, 6) is 1.45. The second kappa shape index (κ2) is 8.38. The van der Waals surface area contributed by atoms with Gasteiger partial charge in [-0.15, -0.1) is 0 Å². The lowest BCUT2D eigenvalue weighted by molar-refractivity contribution is 0.405. The minimum atomic E-state index is 0.550. The number of rotatable bonds is 7. The molecule has 0 spiro atoms. The van der Waals surface area contributed by atoms with Gasteiger partial charge in [0.25, 0.3) is 0 Å². The molecule has 2 N–H and O–H groups in total. The minimum absolute atomic E-state index is 0.550. The van der Waals surface area contributed by atoms with Crippen LogP contribution in [-0.4, -0.2) is 35.7 Å². The number of hydrogen-bond acceptors (Lipinski definition) is 4. The van der Waals surface area contributed by atoms with Crippen molar-refractivity contribution in [1.29, 1.82) is 0 Å². The Morgan fingerprint density at radius 1 is 1.26 bits per heavy atom. The second-order valence-electron chi connectivity index (χ2n) is 5.00. The molecule has 0 bridgehead atoms. The lowest BCUT2D eigenvalue weighted by Gasteiger charge is -2.14. The van der Waals surface area contributed by atoms with E-state index in [4.69, 9.17) is 21.7 Å². The number of benzene rings is 1. The van der Waals surface area contributed by atoms with E-state index in [1.807, 2.05) is 42.1 Å². The number of aryl methyl sites for hydroxylation is 2. The topological polar surface area (TPSA) is 60.3 Å². The predicted octanol–water partition coefficient (Wildman–Crippen LogP) is 2.59. The van der Waals surface area contributed by atoms with Crippen LogP contribution in [0.15, 0.2) is 30.5 Å². The third-order valence-electron chi connectivity index (χ3n) is 3.42. The van der Waals surface area contributed by atoms with Gasteiger partial charge in [-0.1, -0.05) is 0 Å². The van der Waals surface area contributed by atoms with Gasteiger partial charge in [0.1, 0.15) is 11.5 Å². The Kier molecular flexibility index (Phi) is 6.22. The van der Waals surface area contributed by atoms with E-state index in [9.17, 15) is 0 Å². The quantitative estimate of drug-likeness (QED) is 0.599. The molecule has 0 atom stereocenters. The molecule has 0 fully saturated rings. The molecule has 0 aliphatic rings. The first kappa shape index (κ1) is 17.1. The lowest BCUT2D eigenvalue weighted by atomic mass is 10.2. The van der Waals surface area contributed by atoms with Gasteiger partial charge in [0, 0.05) is 31.0 Å². The van der Waals surface area contributed by atoms with Crippen LogP contribution in [0.1, 0.15) is 12.1 Å². The number of thiocarbonyl (C=S) groups is 1. The summed E-state index contributed by atoms with van der Waals surface area (Å²) in [7, 11) is 3.25. The van der Waals surface area contributed by atoms with Crippen molar-refractivity contribution in [1.82, 2.24) is 15.1 Å². The van der Waals surface area contributed by atoms with E-state index < -0.39 is 0 Å². The summed E-state index contributed by atoms with van der Waals surface area (Å²) >= 11 is 5.32. The van der Waals surface area contributed by atoms with Crippen molar-refractivity contribution in [3.8, 4) is 11.5 Å². The highest BCUT2D eigenvalue weighted by molar-refractivity contribution is 7.80. The summed E-state index contributed by atoms with van der Waals surface area (Å²) in [6.45, 7) is 3.66. The van der Waals surface area contributed by atoms with E-state index in [-0.39, 0.29) is 0 Å². The van der Waals surface area contributed by atoms with Crippen LogP contribution in [0.4, 0.5) is 5.69 Å². The van der Waals surface area contributed by atoms with E-state index in [1.165, 1.54) is 0 Å². The monoisotopic (exact) mass is 334 g/mol. The maximum atomic E-state index is 5.32. The van der Waals surface area contributed by atoms with Gasteiger partial charge in [-0.2, -0.15) is 5.10 Å². The third-order valence-corrected chi connectivity index (χ3v) is 3.66. The Morgan fingerprint density at radius 3 is 2.74 bits per heavy atom. The van der Waals surface area contributed by atoms with E-state index in [0.29, 0.717) is 10.9 Å². The van der Waals surface area contributed by atoms with Crippen molar-refractivity contribution >= 4 is 23.0 Å². The van der Waals surface area contributed by atoms with Crippen LogP contribution >= 0.6 is 12.2 Å². The number of anilines is 1. The van der Waals surface area contributed by atoms with Gasteiger partial charge in [0.05, 0.1) is 19.9 Å². The zero-order chi connectivity index (χ0) is 16.7. The summed E-state index contributed by atoms with van der Waals surface area (Å²) in [6, 6.07) is 7.52. The summed E-state index contributed by atoms with van der Waals surface area (Å²) in [4.78, 5) is 0. The van der Waals surface area contributed by atoms with Crippen molar-refractivity contribution < 1.29 is 9.47 Å². The first-order valence-electron chi connectivity index (χ1n) is 7.39. The molecular formula is C16H22N4O2S. The van der Waals surface area contributed by atoms with Crippen LogP contribution in [0.2, 0.25) is 0 Å². The van der Waals surface area contributed by atoms with Crippen LogP contribution in [0.5, 0.6) is 11.5 Å². The smallest absolute Gasteiger partial charge is 0.170 e. The van der Waals surface area contributed by atoms with Gasteiger partial charge in [0.15, 0.2) is 5.11 Å². The van der Waals surface area contributed by atoms with Crippen LogP contribution in [0.3, 0.4) is 0 Å². The number of ether oxygens (including phenoxy) is 2. The molecular weight excluding hydrogens is 312 g/mol. The van der Waals surface area contributed by atoms with E-state index >= 15 is 0 Å². The minimum Gasteiger partial charge on any atom is -0.497 e. The van der Waals surface area contributed by atoms with Crippen molar-refractivity contribution in [2.24, 2.45) is 0 Å². The predicted molar refractivity (Wildman–Crippen MR) is 95.4 cm³/mol. The normalized spacial score (nSPS) is 10.2. The van der Waals surface area contributed by atoms with Gasteiger partial charge in [-0.25, -0.2) is 0 Å². The molecule has 7 heteroatoms. The van der Waals surface area contributed by atoms with Crippen molar-refractivity contribution in [2.45, 2.75) is 19.9 Å². The van der Waals surface area contributed by atoms with Gasteiger partial charge in [-0.05, 0) is 43.8 Å². The maximum Gasteiger partial charge on any atom is 0.170 e. The zero-order valence-corrected chi connectivity index (χ0v) is 14.4. The number of hydrogen-bond donors (Lipinski definition) is 2. The number of nitrogens with one attached hydrogen (secondary N) is 2. The van der Waals surface area contributed by atoms with Gasteiger partial charge in [0.2, 0.25) is 0 Å².